The molecule has 1 rings (SSSR count). The third-order valence-electron chi connectivity index (χ3n) is 3.28. The van der Waals surface area contributed by atoms with Gasteiger partial charge in [-0.2, -0.15) is 0 Å². The first-order valence-electron chi connectivity index (χ1n) is 7.03. The minimum absolute atomic E-state index is 0.270. The minimum atomic E-state index is -0.602. The first-order chi connectivity index (χ1) is 9.15. The van der Waals surface area contributed by atoms with E-state index in [1.165, 1.54) is 0 Å². The molecule has 0 saturated heterocycles. The molecule has 0 bridgehead atoms. The van der Waals surface area contributed by atoms with E-state index >= 15 is 0 Å². The van der Waals surface area contributed by atoms with Crippen LogP contribution < -0.4 is 0 Å². The molecule has 3 nitrogen and oxygen atoms in total. The van der Waals surface area contributed by atoms with E-state index in [9.17, 15) is 9.90 Å². The molecular weight excluding hydrogens is 240 g/mol. The van der Waals surface area contributed by atoms with Crippen molar-refractivity contribution in [2.24, 2.45) is 5.92 Å². The first kappa shape index (κ1) is 15.7. The molecule has 0 spiro atoms. The predicted octanol–water partition coefficient (Wildman–Crippen LogP) is 3.31. The molecule has 106 valence electrons. The van der Waals surface area contributed by atoms with Gasteiger partial charge in [0.25, 0.3) is 0 Å². The smallest absolute Gasteiger partial charge is 0.311 e. The van der Waals surface area contributed by atoms with E-state index in [1.807, 2.05) is 30.3 Å². The van der Waals surface area contributed by atoms with E-state index in [2.05, 4.69) is 6.92 Å². The van der Waals surface area contributed by atoms with Gasteiger partial charge in [-0.1, -0.05) is 56.5 Å². The molecule has 19 heavy (non-hydrogen) atoms. The number of hydrogen-bond acceptors (Lipinski definition) is 3. The lowest BCUT2D eigenvalue weighted by Gasteiger charge is -2.17. The normalized spacial score (nSPS) is 13.8. The maximum atomic E-state index is 11.8. The Morgan fingerprint density at radius 3 is 2.58 bits per heavy atom. The van der Waals surface area contributed by atoms with Crippen LogP contribution in [-0.2, 0) is 16.1 Å². The van der Waals surface area contributed by atoms with Gasteiger partial charge in [0.2, 0.25) is 0 Å². The molecular formula is C16H24O3. The Labute approximate surface area is 115 Å². The van der Waals surface area contributed by atoms with Gasteiger partial charge in [0.1, 0.15) is 6.61 Å². The molecule has 0 aliphatic heterocycles. The molecule has 2 atom stereocenters. The summed E-state index contributed by atoms with van der Waals surface area (Å²) in [5.74, 6) is -0.784. The lowest BCUT2D eigenvalue weighted by molar-refractivity contribution is -0.153. The largest absolute Gasteiger partial charge is 0.461 e. The van der Waals surface area contributed by atoms with Crippen molar-refractivity contribution in [3.63, 3.8) is 0 Å². The molecule has 0 unspecified atom stereocenters. The summed E-state index contributed by atoms with van der Waals surface area (Å²) in [6, 6.07) is 9.56. The monoisotopic (exact) mass is 264 g/mol. The van der Waals surface area contributed by atoms with Crippen molar-refractivity contribution in [3.05, 3.63) is 35.9 Å². The maximum absolute atomic E-state index is 11.8. The molecule has 0 aromatic heterocycles. The number of aliphatic hydroxyl groups excluding tert-OH is 1. The highest BCUT2D eigenvalue weighted by Gasteiger charge is 2.22. The van der Waals surface area contributed by atoms with Crippen molar-refractivity contribution >= 4 is 5.97 Å². The topological polar surface area (TPSA) is 46.5 Å². The summed E-state index contributed by atoms with van der Waals surface area (Å²) in [6.45, 7) is 4.11. The van der Waals surface area contributed by atoms with Gasteiger partial charge in [0.05, 0.1) is 12.0 Å². The van der Waals surface area contributed by atoms with Crippen molar-refractivity contribution in [3.8, 4) is 0 Å². The fourth-order valence-corrected chi connectivity index (χ4v) is 1.87. The minimum Gasteiger partial charge on any atom is -0.461 e. The molecule has 1 aromatic carbocycles. The SMILES string of the molecule is CCCCC[C@@H](O)[C@H](C)C(=O)OCc1ccccc1. The van der Waals surface area contributed by atoms with Gasteiger partial charge in [-0.05, 0) is 18.9 Å². The zero-order chi connectivity index (χ0) is 14.1. The van der Waals surface area contributed by atoms with Gasteiger partial charge in [-0.25, -0.2) is 0 Å². The Bertz CT molecular complexity index is 362. The van der Waals surface area contributed by atoms with Crippen LogP contribution in [-0.4, -0.2) is 17.2 Å². The van der Waals surface area contributed by atoms with Gasteiger partial charge in [-0.15, -0.1) is 0 Å². The third kappa shape index (κ3) is 5.88. The predicted molar refractivity (Wildman–Crippen MR) is 75.6 cm³/mol. The fourth-order valence-electron chi connectivity index (χ4n) is 1.87. The highest BCUT2D eigenvalue weighted by atomic mass is 16.5. The summed E-state index contributed by atoms with van der Waals surface area (Å²) in [7, 11) is 0. The zero-order valence-corrected chi connectivity index (χ0v) is 11.8. The Kier molecular flexibility index (Phi) is 7.19. The van der Waals surface area contributed by atoms with Crippen molar-refractivity contribution in [2.75, 3.05) is 0 Å². The van der Waals surface area contributed by atoms with Gasteiger partial charge >= 0.3 is 5.97 Å². The van der Waals surface area contributed by atoms with E-state index < -0.39 is 12.0 Å². The van der Waals surface area contributed by atoms with Crippen LogP contribution >= 0.6 is 0 Å². The number of carbonyl (C=O) groups is 1. The van der Waals surface area contributed by atoms with Gasteiger partial charge in [-0.3, -0.25) is 4.79 Å². The molecule has 0 amide bonds. The Balaban J connectivity index is 2.31. The zero-order valence-electron chi connectivity index (χ0n) is 11.8. The van der Waals surface area contributed by atoms with Crippen LogP contribution in [0.1, 0.15) is 45.1 Å². The number of aliphatic hydroxyl groups is 1. The molecule has 0 fully saturated rings. The standard InChI is InChI=1S/C16H24O3/c1-3-4-6-11-15(17)13(2)16(18)19-12-14-9-7-5-8-10-14/h5,7-10,13,15,17H,3-4,6,11-12H2,1-2H3/t13-,15+/m0/s1. The molecule has 0 heterocycles. The summed E-state index contributed by atoms with van der Waals surface area (Å²) in [4.78, 5) is 11.8. The number of ether oxygens (including phenoxy) is 1. The van der Waals surface area contributed by atoms with Crippen LogP contribution in [0.25, 0.3) is 0 Å². The molecule has 0 aliphatic carbocycles. The van der Waals surface area contributed by atoms with Crippen LogP contribution in [0.5, 0.6) is 0 Å². The third-order valence-corrected chi connectivity index (χ3v) is 3.28. The van der Waals surface area contributed by atoms with E-state index in [4.69, 9.17) is 4.74 Å². The van der Waals surface area contributed by atoms with Crippen molar-refractivity contribution in [1.29, 1.82) is 0 Å². The summed E-state index contributed by atoms with van der Waals surface area (Å²) in [5, 5.41) is 9.91. The van der Waals surface area contributed by atoms with E-state index in [-0.39, 0.29) is 12.6 Å². The molecule has 3 heteroatoms. The first-order valence-corrected chi connectivity index (χ1v) is 7.03. The quantitative estimate of drug-likeness (QED) is 0.579. The fraction of sp³-hybridized carbons (Fsp3) is 0.562. The second kappa shape index (κ2) is 8.70. The molecule has 1 N–H and O–H groups in total. The van der Waals surface area contributed by atoms with E-state index in [1.54, 1.807) is 6.92 Å². The van der Waals surface area contributed by atoms with Crippen LogP contribution in [0.15, 0.2) is 30.3 Å². The summed E-state index contributed by atoms with van der Waals surface area (Å²) in [5.41, 5.74) is 0.962. The van der Waals surface area contributed by atoms with E-state index in [0.29, 0.717) is 6.42 Å². The van der Waals surface area contributed by atoms with Gasteiger partial charge < -0.3 is 9.84 Å². The number of benzene rings is 1. The van der Waals surface area contributed by atoms with Crippen molar-refractivity contribution in [2.45, 2.75) is 52.2 Å². The average Bonchev–Trinajstić information content (AvgIpc) is 2.45. The number of rotatable bonds is 8. The second-order valence-corrected chi connectivity index (χ2v) is 4.95. The van der Waals surface area contributed by atoms with Crippen LogP contribution in [0.2, 0.25) is 0 Å². The highest BCUT2D eigenvalue weighted by molar-refractivity contribution is 5.72. The molecule has 0 radical (unpaired) electrons. The van der Waals surface area contributed by atoms with Crippen LogP contribution in [0, 0.1) is 5.92 Å². The molecule has 1 aromatic rings. The van der Waals surface area contributed by atoms with Crippen molar-refractivity contribution in [1.82, 2.24) is 0 Å². The lowest BCUT2D eigenvalue weighted by Crippen LogP contribution is -2.27. The summed E-state index contributed by atoms with van der Waals surface area (Å²) < 4.78 is 5.22. The molecule has 0 saturated carbocycles. The molecule has 0 aliphatic rings. The number of carbonyl (C=O) groups excluding carboxylic acids is 1. The number of esters is 1. The highest BCUT2D eigenvalue weighted by Crippen LogP contribution is 2.14. The van der Waals surface area contributed by atoms with Crippen molar-refractivity contribution < 1.29 is 14.6 Å². The van der Waals surface area contributed by atoms with Crippen LogP contribution in [0.3, 0.4) is 0 Å². The number of hydrogen-bond donors (Lipinski definition) is 1. The summed E-state index contributed by atoms with van der Waals surface area (Å²) >= 11 is 0. The maximum Gasteiger partial charge on any atom is 0.311 e. The summed E-state index contributed by atoms with van der Waals surface area (Å²) in [6.07, 6.45) is 3.21. The number of unbranched alkanes of at least 4 members (excludes halogenated alkanes) is 2. The lowest BCUT2D eigenvalue weighted by atomic mass is 9.99. The Hall–Kier alpha value is -1.35. The Morgan fingerprint density at radius 1 is 1.26 bits per heavy atom. The van der Waals surface area contributed by atoms with Gasteiger partial charge in [0.15, 0.2) is 0 Å². The average molecular weight is 264 g/mol. The Morgan fingerprint density at radius 2 is 1.95 bits per heavy atom. The van der Waals surface area contributed by atoms with Gasteiger partial charge in [0, 0.05) is 0 Å². The van der Waals surface area contributed by atoms with Crippen LogP contribution in [0.4, 0.5) is 0 Å². The second-order valence-electron chi connectivity index (χ2n) is 4.95. The van der Waals surface area contributed by atoms with E-state index in [0.717, 1.165) is 24.8 Å².